The number of nitrogens with zero attached hydrogens (tertiary/aromatic N) is 5. The quantitative estimate of drug-likeness (QED) is 0.467. The largest absolute Gasteiger partial charge is 0.497 e. The first kappa shape index (κ1) is 21.4. The number of halogens is 1. The number of hydrogen-bond acceptors (Lipinski definition) is 6. The molecule has 1 aliphatic heterocycles. The minimum atomic E-state index is 0.0284. The Hall–Kier alpha value is -3.16. The highest BCUT2D eigenvalue weighted by atomic mass is 35.5. The minimum Gasteiger partial charge on any atom is -0.497 e. The van der Waals surface area contributed by atoms with E-state index in [9.17, 15) is 0 Å². The molecule has 0 bridgehead atoms. The van der Waals surface area contributed by atoms with Gasteiger partial charge in [0.2, 0.25) is 0 Å². The number of ether oxygens (including phenoxy) is 1. The topological polar surface area (TPSA) is 81.6 Å². The van der Waals surface area contributed by atoms with Gasteiger partial charge >= 0.3 is 0 Å². The molecule has 1 aromatic carbocycles. The van der Waals surface area contributed by atoms with E-state index < -0.39 is 0 Å². The van der Waals surface area contributed by atoms with Crippen molar-refractivity contribution in [2.24, 2.45) is 11.1 Å². The third kappa shape index (κ3) is 3.18. The first-order valence-corrected chi connectivity index (χ1v) is 12.0. The van der Waals surface area contributed by atoms with Crippen molar-refractivity contribution >= 4 is 22.9 Å². The number of anilines is 1. The number of aromatic nitrogens is 4. The molecule has 1 aliphatic carbocycles. The summed E-state index contributed by atoms with van der Waals surface area (Å²) in [4.78, 5) is 11.5. The van der Waals surface area contributed by atoms with Gasteiger partial charge in [0.1, 0.15) is 11.3 Å². The second-order valence-corrected chi connectivity index (χ2v) is 9.83. The van der Waals surface area contributed by atoms with Gasteiger partial charge in [0, 0.05) is 37.1 Å². The summed E-state index contributed by atoms with van der Waals surface area (Å²) >= 11 is 6.47. The van der Waals surface area contributed by atoms with Crippen LogP contribution in [-0.2, 0) is 6.42 Å². The lowest BCUT2D eigenvalue weighted by atomic mass is 9.73. The molecule has 1 saturated heterocycles. The number of rotatable bonds is 3. The minimum absolute atomic E-state index is 0.0284. The molecule has 6 rings (SSSR count). The molecule has 174 valence electrons. The van der Waals surface area contributed by atoms with Gasteiger partial charge in [-0.15, -0.1) is 0 Å². The maximum absolute atomic E-state index is 6.84. The number of aryl methyl sites for hydroxylation is 1. The Morgan fingerprint density at radius 3 is 2.74 bits per heavy atom. The number of piperidine rings is 1. The lowest BCUT2D eigenvalue weighted by Crippen LogP contribution is -2.44. The molecule has 0 radical (unpaired) electrons. The highest BCUT2D eigenvalue weighted by molar-refractivity contribution is 6.33. The van der Waals surface area contributed by atoms with Gasteiger partial charge in [0.15, 0.2) is 5.82 Å². The van der Waals surface area contributed by atoms with E-state index in [1.54, 1.807) is 19.5 Å². The smallest absolute Gasteiger partial charge is 0.155 e. The normalized spacial score (nSPS) is 19.1. The summed E-state index contributed by atoms with van der Waals surface area (Å²) in [6.07, 6.45) is 8.28. The lowest BCUT2D eigenvalue weighted by Gasteiger charge is -2.42. The van der Waals surface area contributed by atoms with Crippen molar-refractivity contribution < 1.29 is 4.74 Å². The molecule has 0 saturated carbocycles. The van der Waals surface area contributed by atoms with Crippen LogP contribution >= 0.6 is 11.6 Å². The maximum atomic E-state index is 6.84. The SMILES string of the molecule is COc1ccc2c(c1)[C@@H](N)C1(CCN(c3nc(C)c(-c4ccncc4Cl)n4nccc34)CC1)C2. The Labute approximate surface area is 203 Å². The van der Waals surface area contributed by atoms with Gasteiger partial charge in [-0.1, -0.05) is 17.7 Å². The summed E-state index contributed by atoms with van der Waals surface area (Å²) < 4.78 is 7.39. The molecule has 4 heterocycles. The van der Waals surface area contributed by atoms with E-state index in [1.165, 1.54) is 11.1 Å². The average molecular weight is 475 g/mol. The van der Waals surface area contributed by atoms with Crippen LogP contribution < -0.4 is 15.4 Å². The van der Waals surface area contributed by atoms with Crippen molar-refractivity contribution in [2.75, 3.05) is 25.1 Å². The van der Waals surface area contributed by atoms with Gasteiger partial charge in [0.25, 0.3) is 0 Å². The van der Waals surface area contributed by atoms with Gasteiger partial charge in [-0.25, -0.2) is 9.50 Å². The van der Waals surface area contributed by atoms with Crippen LogP contribution in [-0.4, -0.2) is 39.8 Å². The predicted octanol–water partition coefficient (Wildman–Crippen LogP) is 4.60. The van der Waals surface area contributed by atoms with Crippen LogP contribution in [0.25, 0.3) is 16.8 Å². The Kier molecular flexibility index (Phi) is 5.00. The Balaban J connectivity index is 1.31. The van der Waals surface area contributed by atoms with Crippen LogP contribution in [0.2, 0.25) is 5.02 Å². The Morgan fingerprint density at radius 2 is 1.97 bits per heavy atom. The van der Waals surface area contributed by atoms with Crippen molar-refractivity contribution in [3.05, 3.63) is 70.8 Å². The fraction of sp³-hybridized carbons (Fsp3) is 0.346. The van der Waals surface area contributed by atoms with E-state index in [0.717, 1.165) is 66.4 Å². The third-order valence-electron chi connectivity index (χ3n) is 7.68. The summed E-state index contributed by atoms with van der Waals surface area (Å²) in [5.41, 5.74) is 13.2. The second-order valence-electron chi connectivity index (χ2n) is 9.42. The lowest BCUT2D eigenvalue weighted by molar-refractivity contribution is 0.187. The van der Waals surface area contributed by atoms with Crippen molar-refractivity contribution in [1.29, 1.82) is 0 Å². The Bertz CT molecular complexity index is 1390. The fourth-order valence-corrected chi connectivity index (χ4v) is 6.01. The van der Waals surface area contributed by atoms with Crippen molar-refractivity contribution in [1.82, 2.24) is 19.6 Å². The molecular formula is C26H27ClN6O. The number of methoxy groups -OCH3 is 1. The maximum Gasteiger partial charge on any atom is 0.155 e. The summed E-state index contributed by atoms with van der Waals surface area (Å²) in [6.45, 7) is 3.82. The molecule has 0 amide bonds. The van der Waals surface area contributed by atoms with Gasteiger partial charge in [-0.3, -0.25) is 4.98 Å². The van der Waals surface area contributed by atoms with Gasteiger partial charge in [-0.2, -0.15) is 5.10 Å². The molecule has 1 spiro atoms. The molecule has 8 heteroatoms. The zero-order valence-corrected chi connectivity index (χ0v) is 20.1. The van der Waals surface area contributed by atoms with Crippen molar-refractivity contribution in [3.8, 4) is 17.0 Å². The molecule has 34 heavy (non-hydrogen) atoms. The number of hydrogen-bond donors (Lipinski definition) is 1. The van der Waals surface area contributed by atoms with E-state index in [0.29, 0.717) is 5.02 Å². The molecular weight excluding hydrogens is 448 g/mol. The molecule has 3 aromatic heterocycles. The second kappa shape index (κ2) is 7.96. The van der Waals surface area contributed by atoms with Gasteiger partial charge in [-0.05, 0) is 67.0 Å². The van der Waals surface area contributed by atoms with Crippen molar-refractivity contribution in [2.45, 2.75) is 32.2 Å². The van der Waals surface area contributed by atoms with E-state index >= 15 is 0 Å². The van der Waals surface area contributed by atoms with E-state index in [4.69, 9.17) is 27.1 Å². The fourth-order valence-electron chi connectivity index (χ4n) is 5.80. The zero-order chi connectivity index (χ0) is 23.4. The molecule has 2 N–H and O–H groups in total. The standard InChI is InChI=1S/C26H27ClN6O/c1-16-23(19-5-9-29-15-21(19)27)33-22(6-10-30-33)25(31-16)32-11-7-26(8-12-32)14-17-3-4-18(34-2)13-20(17)24(26)28/h3-6,9-10,13,15,24H,7-8,11-12,14,28H2,1-2H3/t24-/m1/s1. The molecule has 1 fully saturated rings. The van der Waals surface area contributed by atoms with Crippen LogP contribution in [0, 0.1) is 12.3 Å². The highest BCUT2D eigenvalue weighted by Crippen LogP contribution is 2.52. The number of nitrogens with two attached hydrogens (primary N) is 1. The third-order valence-corrected chi connectivity index (χ3v) is 7.98. The molecule has 4 aromatic rings. The van der Waals surface area contributed by atoms with Gasteiger partial charge in [0.05, 0.1) is 29.7 Å². The molecule has 1 atom stereocenters. The first-order chi connectivity index (χ1) is 16.5. The van der Waals surface area contributed by atoms with Gasteiger partial charge < -0.3 is 15.4 Å². The predicted molar refractivity (Wildman–Crippen MR) is 133 cm³/mol. The number of fused-ring (bicyclic) bond motifs is 2. The molecule has 7 nitrogen and oxygen atoms in total. The monoisotopic (exact) mass is 474 g/mol. The number of pyridine rings is 1. The van der Waals surface area contributed by atoms with Crippen LogP contribution in [0.5, 0.6) is 5.75 Å². The summed E-state index contributed by atoms with van der Waals surface area (Å²) in [5.74, 6) is 1.84. The average Bonchev–Trinajstić information content (AvgIpc) is 3.43. The Morgan fingerprint density at radius 1 is 1.15 bits per heavy atom. The molecule has 2 aliphatic rings. The number of benzene rings is 1. The molecule has 0 unspecified atom stereocenters. The zero-order valence-electron chi connectivity index (χ0n) is 19.3. The highest BCUT2D eigenvalue weighted by Gasteiger charge is 2.46. The first-order valence-electron chi connectivity index (χ1n) is 11.6. The van der Waals surface area contributed by atoms with Crippen LogP contribution in [0.3, 0.4) is 0 Å². The van der Waals surface area contributed by atoms with Crippen LogP contribution in [0.1, 0.15) is 35.7 Å². The van der Waals surface area contributed by atoms with E-state index in [-0.39, 0.29) is 11.5 Å². The summed E-state index contributed by atoms with van der Waals surface area (Å²) in [5, 5.41) is 5.20. The van der Waals surface area contributed by atoms with Crippen LogP contribution in [0.4, 0.5) is 5.82 Å². The van der Waals surface area contributed by atoms with Crippen molar-refractivity contribution in [3.63, 3.8) is 0 Å². The van der Waals surface area contributed by atoms with E-state index in [2.05, 4.69) is 27.1 Å². The van der Waals surface area contributed by atoms with Crippen LogP contribution in [0.15, 0.2) is 48.9 Å². The van der Waals surface area contributed by atoms with E-state index in [1.807, 2.05) is 35.8 Å². The summed E-state index contributed by atoms with van der Waals surface area (Å²) in [6, 6.07) is 10.3. The summed E-state index contributed by atoms with van der Waals surface area (Å²) in [7, 11) is 1.70.